The maximum absolute atomic E-state index is 13.2. The van der Waals surface area contributed by atoms with Crippen molar-refractivity contribution in [3.8, 4) is 5.75 Å². The zero-order chi connectivity index (χ0) is 22.4. The molecule has 0 saturated carbocycles. The first-order valence-corrected chi connectivity index (χ1v) is 10.8. The molecule has 1 atom stereocenters. The number of anilines is 1. The Hall–Kier alpha value is -4.39. The number of para-hydroxylation sites is 3. The molecule has 0 radical (unpaired) electrons. The number of nitrogens with one attached hydrogen (secondary N) is 2. The van der Waals surface area contributed by atoms with E-state index in [1.165, 1.54) is 0 Å². The van der Waals surface area contributed by atoms with Gasteiger partial charge in [-0.2, -0.15) is 0 Å². The lowest BCUT2D eigenvalue weighted by Gasteiger charge is -2.27. The molecule has 7 nitrogen and oxygen atoms in total. The minimum Gasteiger partial charge on any atom is -0.489 e. The Morgan fingerprint density at radius 1 is 0.939 bits per heavy atom. The number of carbonyl (C=O) groups excluding carboxylic acids is 1. The van der Waals surface area contributed by atoms with Crippen molar-refractivity contribution in [2.75, 3.05) is 5.32 Å². The fraction of sp³-hybridized carbons (Fsp3) is 0.115. The van der Waals surface area contributed by atoms with E-state index in [1.807, 2.05) is 83.3 Å². The minimum atomic E-state index is -0.449. The minimum absolute atomic E-state index is 0.153. The fourth-order valence-electron chi connectivity index (χ4n) is 4.55. The van der Waals surface area contributed by atoms with Gasteiger partial charge in [-0.3, -0.25) is 19.0 Å². The third-order valence-electron chi connectivity index (χ3n) is 6.04. The number of rotatable bonds is 4. The maximum atomic E-state index is 13.2. The lowest BCUT2D eigenvalue weighted by molar-refractivity contribution is -0.116. The summed E-state index contributed by atoms with van der Waals surface area (Å²) in [5.41, 5.74) is 3.63. The number of hydrogen-bond donors (Lipinski definition) is 2. The van der Waals surface area contributed by atoms with E-state index in [4.69, 9.17) is 4.74 Å². The third-order valence-corrected chi connectivity index (χ3v) is 6.04. The molecule has 33 heavy (non-hydrogen) atoms. The van der Waals surface area contributed by atoms with Crippen LogP contribution in [0.5, 0.6) is 5.75 Å². The first kappa shape index (κ1) is 19.3. The molecule has 1 aliphatic heterocycles. The number of carbonyl (C=O) groups is 1. The van der Waals surface area contributed by atoms with Gasteiger partial charge in [0.25, 0.3) is 5.56 Å². The van der Waals surface area contributed by atoms with Crippen molar-refractivity contribution in [2.45, 2.75) is 18.9 Å². The van der Waals surface area contributed by atoms with Gasteiger partial charge >= 0.3 is 0 Å². The van der Waals surface area contributed by atoms with Crippen molar-refractivity contribution in [2.24, 2.45) is 0 Å². The monoisotopic (exact) mass is 436 g/mol. The normalized spacial score (nSPS) is 15.4. The maximum Gasteiger partial charge on any atom is 0.258 e. The molecule has 0 bridgehead atoms. The van der Waals surface area contributed by atoms with Crippen LogP contribution in [0, 0.1) is 0 Å². The molecule has 0 fully saturated rings. The van der Waals surface area contributed by atoms with E-state index >= 15 is 0 Å². The fourth-order valence-corrected chi connectivity index (χ4v) is 4.55. The van der Waals surface area contributed by atoms with Crippen LogP contribution in [0.25, 0.3) is 16.8 Å². The summed E-state index contributed by atoms with van der Waals surface area (Å²) in [6.07, 6.45) is 0.153. The average molecular weight is 436 g/mol. The molecule has 2 aromatic heterocycles. The van der Waals surface area contributed by atoms with Crippen LogP contribution in [0.2, 0.25) is 0 Å². The number of hydrogen-bond acceptors (Lipinski definition) is 4. The smallest absolute Gasteiger partial charge is 0.258 e. The summed E-state index contributed by atoms with van der Waals surface area (Å²) in [4.78, 5) is 33.5. The number of nitrogens with zero attached hydrogens (tertiary/aromatic N) is 2. The molecule has 0 spiro atoms. The Bertz CT molecular complexity index is 1570. The van der Waals surface area contributed by atoms with Crippen LogP contribution in [-0.4, -0.2) is 20.3 Å². The third kappa shape index (κ3) is 3.25. The zero-order valence-corrected chi connectivity index (χ0v) is 17.6. The number of benzene rings is 3. The quantitative estimate of drug-likeness (QED) is 0.441. The predicted molar refractivity (Wildman–Crippen MR) is 126 cm³/mol. The van der Waals surface area contributed by atoms with E-state index in [1.54, 1.807) is 0 Å². The zero-order valence-electron chi connectivity index (χ0n) is 17.6. The molecular weight excluding hydrogens is 416 g/mol. The number of aromatic amines is 1. The largest absolute Gasteiger partial charge is 0.489 e. The van der Waals surface area contributed by atoms with E-state index in [9.17, 15) is 9.59 Å². The highest BCUT2D eigenvalue weighted by molar-refractivity contribution is 5.96. The van der Waals surface area contributed by atoms with Gasteiger partial charge in [0.1, 0.15) is 18.2 Å². The second kappa shape index (κ2) is 7.63. The van der Waals surface area contributed by atoms with Gasteiger partial charge in [0.05, 0.1) is 16.6 Å². The summed E-state index contributed by atoms with van der Waals surface area (Å²) >= 11 is 0. The topological polar surface area (TPSA) is 88.5 Å². The molecule has 6 rings (SSSR count). The Labute approximate surface area is 188 Å². The molecule has 0 saturated heterocycles. The molecule has 1 aliphatic rings. The molecule has 7 heteroatoms. The molecular formula is C26H20N4O3. The summed E-state index contributed by atoms with van der Waals surface area (Å²) < 4.78 is 7.96. The van der Waals surface area contributed by atoms with Crippen molar-refractivity contribution in [1.29, 1.82) is 0 Å². The van der Waals surface area contributed by atoms with Crippen LogP contribution in [0.1, 0.15) is 29.0 Å². The molecule has 0 aliphatic carbocycles. The number of imidazole rings is 1. The van der Waals surface area contributed by atoms with E-state index < -0.39 is 5.92 Å². The number of fused-ring (bicyclic) bond motifs is 5. The Balaban J connectivity index is 1.50. The van der Waals surface area contributed by atoms with Crippen LogP contribution < -0.4 is 15.6 Å². The highest BCUT2D eigenvalue weighted by Gasteiger charge is 2.33. The predicted octanol–water partition coefficient (Wildman–Crippen LogP) is 4.23. The molecule has 162 valence electrons. The van der Waals surface area contributed by atoms with Crippen LogP contribution in [-0.2, 0) is 11.4 Å². The van der Waals surface area contributed by atoms with Crippen LogP contribution in [0.4, 0.5) is 5.82 Å². The van der Waals surface area contributed by atoms with Gasteiger partial charge in [0, 0.05) is 17.9 Å². The summed E-state index contributed by atoms with van der Waals surface area (Å²) in [5, 5.41) is 2.92. The molecule has 1 amide bonds. The van der Waals surface area contributed by atoms with Crippen molar-refractivity contribution in [3.05, 3.63) is 106 Å². The molecule has 3 heterocycles. The van der Waals surface area contributed by atoms with Gasteiger partial charge in [0.2, 0.25) is 11.7 Å². The van der Waals surface area contributed by atoms with E-state index in [0.717, 1.165) is 22.2 Å². The number of amides is 1. The SMILES string of the molecule is O=C1C[C@@H](c2ccccc2OCc2ccccc2)c2c(n3c(nc4ccccc43)[nH]c2=O)N1. The summed E-state index contributed by atoms with van der Waals surface area (Å²) in [6, 6.07) is 25.1. The van der Waals surface area contributed by atoms with Crippen molar-refractivity contribution < 1.29 is 9.53 Å². The summed E-state index contributed by atoms with van der Waals surface area (Å²) in [5.74, 6) is 0.906. The number of aromatic nitrogens is 3. The Morgan fingerprint density at radius 2 is 1.70 bits per heavy atom. The van der Waals surface area contributed by atoms with Gasteiger partial charge in [-0.25, -0.2) is 4.98 Å². The Kier molecular flexibility index (Phi) is 4.47. The second-order valence-electron chi connectivity index (χ2n) is 8.09. The molecule has 2 N–H and O–H groups in total. The highest BCUT2D eigenvalue weighted by atomic mass is 16.5. The number of ether oxygens (including phenoxy) is 1. The lowest BCUT2D eigenvalue weighted by Crippen LogP contribution is -2.32. The Morgan fingerprint density at radius 3 is 2.58 bits per heavy atom. The van der Waals surface area contributed by atoms with Crippen LogP contribution in [0.15, 0.2) is 83.7 Å². The van der Waals surface area contributed by atoms with E-state index in [0.29, 0.717) is 29.5 Å². The number of H-pyrrole nitrogens is 1. The summed E-state index contributed by atoms with van der Waals surface area (Å²) in [6.45, 7) is 0.394. The average Bonchev–Trinajstić information content (AvgIpc) is 3.21. The van der Waals surface area contributed by atoms with Crippen LogP contribution >= 0.6 is 0 Å². The van der Waals surface area contributed by atoms with Crippen molar-refractivity contribution in [1.82, 2.24) is 14.4 Å². The van der Waals surface area contributed by atoms with Crippen LogP contribution in [0.3, 0.4) is 0 Å². The molecule has 3 aromatic carbocycles. The van der Waals surface area contributed by atoms with Crippen molar-refractivity contribution >= 4 is 28.5 Å². The van der Waals surface area contributed by atoms with Gasteiger partial charge in [-0.15, -0.1) is 0 Å². The first-order valence-electron chi connectivity index (χ1n) is 10.8. The second-order valence-corrected chi connectivity index (χ2v) is 8.09. The van der Waals surface area contributed by atoms with E-state index in [-0.39, 0.29) is 17.9 Å². The van der Waals surface area contributed by atoms with Gasteiger partial charge in [-0.1, -0.05) is 60.7 Å². The molecule has 5 aromatic rings. The molecule has 0 unspecified atom stereocenters. The first-order chi connectivity index (χ1) is 16.2. The van der Waals surface area contributed by atoms with Gasteiger partial charge < -0.3 is 10.1 Å². The van der Waals surface area contributed by atoms with Gasteiger partial charge in [0.15, 0.2) is 0 Å². The lowest BCUT2D eigenvalue weighted by atomic mass is 9.86. The summed E-state index contributed by atoms with van der Waals surface area (Å²) in [7, 11) is 0. The highest BCUT2D eigenvalue weighted by Crippen LogP contribution is 2.39. The van der Waals surface area contributed by atoms with Crippen molar-refractivity contribution in [3.63, 3.8) is 0 Å². The van der Waals surface area contributed by atoms with Gasteiger partial charge in [-0.05, 0) is 23.8 Å². The standard InChI is InChI=1S/C26H20N4O3/c31-22-14-18(17-10-4-7-13-21(17)33-15-16-8-2-1-3-9-16)23-24(28-22)30-20-12-6-5-11-19(20)27-26(30)29-25(23)32/h1-13,18H,14-15H2,(H,28,31)(H,27,29,32)/t18-/m0/s1. The van der Waals surface area contributed by atoms with E-state index in [2.05, 4.69) is 15.3 Å².